The van der Waals surface area contributed by atoms with Gasteiger partial charge in [-0.2, -0.15) is 0 Å². The molecule has 1 atom stereocenters. The zero-order valence-electron chi connectivity index (χ0n) is 25.6. The molecule has 0 saturated heterocycles. The number of nitrogens with zero attached hydrogens (tertiary/aromatic N) is 2. The van der Waals surface area contributed by atoms with Crippen LogP contribution in [0.25, 0.3) is 0 Å². The first-order valence-electron chi connectivity index (χ1n) is 15.0. The average molecular weight is 622 g/mol. The van der Waals surface area contributed by atoms with Crippen LogP contribution in [-0.2, 0) is 26.2 Å². The molecule has 1 N–H and O–H groups in total. The summed E-state index contributed by atoms with van der Waals surface area (Å²) >= 11 is 1.52. The van der Waals surface area contributed by atoms with E-state index < -0.39 is 28.5 Å². The van der Waals surface area contributed by atoms with Gasteiger partial charge in [0.1, 0.15) is 12.6 Å². The zero-order chi connectivity index (χ0) is 31.0. The molecule has 2 amide bonds. The minimum Gasteiger partial charge on any atom is -0.352 e. The lowest BCUT2D eigenvalue weighted by atomic mass is 9.95. The highest BCUT2D eigenvalue weighted by atomic mass is 32.2. The predicted molar refractivity (Wildman–Crippen MR) is 175 cm³/mol. The number of carbonyl (C=O) groups excluding carboxylic acids is 2. The van der Waals surface area contributed by atoms with Crippen LogP contribution in [0.3, 0.4) is 0 Å². The van der Waals surface area contributed by atoms with Gasteiger partial charge in [-0.1, -0.05) is 73.7 Å². The molecule has 3 aromatic rings. The molecule has 0 aromatic heterocycles. The highest BCUT2D eigenvalue weighted by Gasteiger charge is 2.34. The topological polar surface area (TPSA) is 86.8 Å². The number of rotatable bonds is 12. The molecule has 0 unspecified atom stereocenters. The van der Waals surface area contributed by atoms with Gasteiger partial charge >= 0.3 is 0 Å². The summed E-state index contributed by atoms with van der Waals surface area (Å²) < 4.78 is 29.3. The molecule has 43 heavy (non-hydrogen) atoms. The summed E-state index contributed by atoms with van der Waals surface area (Å²) in [5.41, 5.74) is 3.29. The third-order valence-corrected chi connectivity index (χ3v) is 10.6. The summed E-state index contributed by atoms with van der Waals surface area (Å²) in [4.78, 5) is 30.6. The van der Waals surface area contributed by atoms with Gasteiger partial charge in [0.05, 0.1) is 10.6 Å². The number of sulfonamides is 1. The Hall–Kier alpha value is -3.30. The molecule has 1 fully saturated rings. The molecule has 0 aliphatic heterocycles. The fourth-order valence-corrected chi connectivity index (χ4v) is 7.41. The van der Waals surface area contributed by atoms with Crippen LogP contribution in [0.4, 0.5) is 5.69 Å². The molecule has 4 rings (SSSR count). The lowest BCUT2D eigenvalue weighted by Gasteiger charge is -2.34. The Labute approximate surface area is 261 Å². The van der Waals surface area contributed by atoms with E-state index in [0.717, 1.165) is 51.6 Å². The number of carbonyl (C=O) groups is 2. The third kappa shape index (κ3) is 8.42. The zero-order valence-corrected chi connectivity index (χ0v) is 27.2. The average Bonchev–Trinajstić information content (AvgIpc) is 3.00. The molecule has 7 nitrogen and oxygen atoms in total. The molecule has 1 aliphatic carbocycles. The number of hydrogen-bond donors (Lipinski definition) is 1. The van der Waals surface area contributed by atoms with Crippen LogP contribution in [-0.4, -0.2) is 50.0 Å². The number of hydrogen-bond acceptors (Lipinski definition) is 5. The first-order valence-corrected chi connectivity index (χ1v) is 17.7. The van der Waals surface area contributed by atoms with Crippen molar-refractivity contribution in [2.75, 3.05) is 17.1 Å². The molecule has 230 valence electrons. The lowest BCUT2D eigenvalue weighted by Crippen LogP contribution is -2.54. The van der Waals surface area contributed by atoms with Crippen molar-refractivity contribution in [1.29, 1.82) is 0 Å². The first-order chi connectivity index (χ1) is 20.6. The monoisotopic (exact) mass is 621 g/mol. The van der Waals surface area contributed by atoms with Crippen molar-refractivity contribution in [3.63, 3.8) is 0 Å². The van der Waals surface area contributed by atoms with E-state index in [2.05, 4.69) is 5.32 Å². The van der Waals surface area contributed by atoms with Crippen molar-refractivity contribution < 1.29 is 18.0 Å². The molecule has 0 spiro atoms. The van der Waals surface area contributed by atoms with Gasteiger partial charge in [0.2, 0.25) is 11.8 Å². The standard InChI is InChI=1S/C34H43N3O4S2/c1-5-32(34(39)35-28-12-7-6-8-13-28)36(23-27-11-9-10-26(3)22-27)33(38)24-37(29-16-14-25(2)15-17-29)43(40,41)31-20-18-30(42-4)19-21-31/h9-11,14-22,28,32H,5-8,12-13,23-24H2,1-4H3,(H,35,39)/t32-/m1/s1. The quantitative estimate of drug-likeness (QED) is 0.234. The maximum atomic E-state index is 14.3. The molecule has 0 heterocycles. The van der Waals surface area contributed by atoms with Gasteiger partial charge in [0.15, 0.2) is 0 Å². The molecule has 9 heteroatoms. The Bertz CT molecular complexity index is 1480. The maximum Gasteiger partial charge on any atom is 0.264 e. The van der Waals surface area contributed by atoms with E-state index in [-0.39, 0.29) is 23.4 Å². The smallest absolute Gasteiger partial charge is 0.264 e. The number of anilines is 1. The predicted octanol–water partition coefficient (Wildman–Crippen LogP) is 6.48. The minimum absolute atomic E-state index is 0.0971. The summed E-state index contributed by atoms with van der Waals surface area (Å²) in [7, 11) is -4.10. The van der Waals surface area contributed by atoms with Crippen LogP contribution in [0.15, 0.2) is 82.6 Å². The van der Waals surface area contributed by atoms with Gasteiger partial charge < -0.3 is 10.2 Å². The number of thioether (sulfide) groups is 1. The van der Waals surface area contributed by atoms with Crippen molar-refractivity contribution in [2.24, 2.45) is 0 Å². The van der Waals surface area contributed by atoms with Crippen molar-refractivity contribution in [1.82, 2.24) is 10.2 Å². The van der Waals surface area contributed by atoms with Crippen LogP contribution >= 0.6 is 11.8 Å². The molecule has 1 saturated carbocycles. The van der Waals surface area contributed by atoms with E-state index in [0.29, 0.717) is 12.1 Å². The van der Waals surface area contributed by atoms with Crippen LogP contribution in [0, 0.1) is 13.8 Å². The van der Waals surface area contributed by atoms with Crippen LogP contribution in [0.5, 0.6) is 0 Å². The van der Waals surface area contributed by atoms with Gasteiger partial charge in [0, 0.05) is 17.5 Å². The number of amides is 2. The highest BCUT2D eigenvalue weighted by molar-refractivity contribution is 7.98. The van der Waals surface area contributed by atoms with Crippen molar-refractivity contribution in [3.8, 4) is 0 Å². The summed E-state index contributed by atoms with van der Waals surface area (Å²) in [6.45, 7) is 5.56. The first kappa shape index (κ1) is 32.6. The molecule has 0 radical (unpaired) electrons. The maximum absolute atomic E-state index is 14.3. The van der Waals surface area contributed by atoms with E-state index in [1.807, 2.05) is 63.4 Å². The number of aryl methyl sites for hydroxylation is 2. The van der Waals surface area contributed by atoms with Crippen molar-refractivity contribution >= 4 is 39.3 Å². The third-order valence-electron chi connectivity index (χ3n) is 8.02. The summed E-state index contributed by atoms with van der Waals surface area (Å²) in [6.07, 6.45) is 7.53. The largest absolute Gasteiger partial charge is 0.352 e. The highest BCUT2D eigenvalue weighted by Crippen LogP contribution is 2.27. The number of benzene rings is 3. The second kappa shape index (κ2) is 14.9. The van der Waals surface area contributed by atoms with Crippen molar-refractivity contribution in [3.05, 3.63) is 89.5 Å². The van der Waals surface area contributed by atoms with Gasteiger partial charge in [-0.05, 0) is 81.3 Å². The van der Waals surface area contributed by atoms with Gasteiger partial charge in [-0.25, -0.2) is 8.42 Å². The molecule has 0 bridgehead atoms. The van der Waals surface area contributed by atoms with Gasteiger partial charge in [0.25, 0.3) is 10.0 Å². The number of nitrogens with one attached hydrogen (secondary N) is 1. The summed E-state index contributed by atoms with van der Waals surface area (Å²) in [5, 5.41) is 3.19. The lowest BCUT2D eigenvalue weighted by molar-refractivity contribution is -0.140. The summed E-state index contributed by atoms with van der Waals surface area (Å²) in [6, 6.07) is 21.0. The Kier molecular flexibility index (Phi) is 11.3. The molecule has 1 aliphatic rings. The van der Waals surface area contributed by atoms with Gasteiger partial charge in [-0.15, -0.1) is 11.8 Å². The van der Waals surface area contributed by atoms with E-state index in [4.69, 9.17) is 0 Å². The van der Waals surface area contributed by atoms with E-state index >= 15 is 0 Å². The fraction of sp³-hybridized carbons (Fsp3) is 0.412. The molecular formula is C34H43N3O4S2. The van der Waals surface area contributed by atoms with Crippen LogP contribution < -0.4 is 9.62 Å². The van der Waals surface area contributed by atoms with Crippen LogP contribution in [0.2, 0.25) is 0 Å². The van der Waals surface area contributed by atoms with E-state index in [1.165, 1.54) is 18.2 Å². The van der Waals surface area contributed by atoms with E-state index in [1.54, 1.807) is 41.3 Å². The second-order valence-corrected chi connectivity index (χ2v) is 14.0. The Balaban J connectivity index is 1.70. The Morgan fingerprint density at radius 2 is 1.60 bits per heavy atom. The van der Waals surface area contributed by atoms with Gasteiger partial charge in [-0.3, -0.25) is 13.9 Å². The molecule has 3 aromatic carbocycles. The van der Waals surface area contributed by atoms with E-state index in [9.17, 15) is 18.0 Å². The molecular weight excluding hydrogens is 579 g/mol. The minimum atomic E-state index is -4.10. The second-order valence-electron chi connectivity index (χ2n) is 11.3. The Morgan fingerprint density at radius 3 is 2.21 bits per heavy atom. The SMILES string of the molecule is CC[C@H](C(=O)NC1CCCCC1)N(Cc1cccc(C)c1)C(=O)CN(c1ccc(C)cc1)S(=O)(=O)c1ccc(SC)cc1. The van der Waals surface area contributed by atoms with Crippen molar-refractivity contribution in [2.45, 2.75) is 87.7 Å². The Morgan fingerprint density at radius 1 is 0.930 bits per heavy atom. The normalized spacial score (nSPS) is 14.6. The van der Waals surface area contributed by atoms with Crippen LogP contribution in [0.1, 0.15) is 62.1 Å². The summed E-state index contributed by atoms with van der Waals surface area (Å²) in [5.74, 6) is -0.621. The fourth-order valence-electron chi connectivity index (χ4n) is 5.59.